The summed E-state index contributed by atoms with van der Waals surface area (Å²) in [4.78, 5) is 0. The van der Waals surface area contributed by atoms with E-state index in [2.05, 4.69) is 75.5 Å². The molecule has 2 rings (SSSR count). The molecule has 2 aromatic rings. The summed E-state index contributed by atoms with van der Waals surface area (Å²) >= 11 is 0. The van der Waals surface area contributed by atoms with E-state index in [9.17, 15) is 0 Å². The van der Waals surface area contributed by atoms with Crippen LogP contribution in [0.15, 0.2) is 42.5 Å². The Morgan fingerprint density at radius 3 is 2.29 bits per heavy atom. The maximum atomic E-state index is 3.59. The van der Waals surface area contributed by atoms with Crippen LogP contribution in [0.4, 0.5) is 0 Å². The first-order chi connectivity index (χ1) is 10.1. The summed E-state index contributed by atoms with van der Waals surface area (Å²) in [7, 11) is 0. The highest BCUT2D eigenvalue weighted by atomic mass is 14.9. The molecule has 0 aliphatic rings. The molecular formula is C20H29N. The number of benzene rings is 2. The van der Waals surface area contributed by atoms with Gasteiger partial charge in [0.05, 0.1) is 0 Å². The fourth-order valence-corrected chi connectivity index (χ4v) is 2.82. The Bertz CT molecular complexity index is 553. The molecular weight excluding hydrogens is 254 g/mol. The topological polar surface area (TPSA) is 12.0 Å². The van der Waals surface area contributed by atoms with E-state index in [0.29, 0.717) is 11.8 Å². The summed E-state index contributed by atoms with van der Waals surface area (Å²) in [6, 6.07) is 15.4. The lowest BCUT2D eigenvalue weighted by Crippen LogP contribution is -2.28. The molecule has 1 N–H and O–H groups in total. The highest BCUT2D eigenvalue weighted by Gasteiger charge is 2.14. The van der Waals surface area contributed by atoms with Crippen molar-refractivity contribution in [3.8, 4) is 0 Å². The highest BCUT2D eigenvalue weighted by molar-refractivity contribution is 5.85. The van der Waals surface area contributed by atoms with Gasteiger partial charge in [-0.1, -0.05) is 70.2 Å². The molecule has 1 heteroatoms. The predicted molar refractivity (Wildman–Crippen MR) is 93.7 cm³/mol. The van der Waals surface area contributed by atoms with Crippen LogP contribution in [-0.2, 0) is 6.42 Å². The number of hydrogen-bond acceptors (Lipinski definition) is 1. The summed E-state index contributed by atoms with van der Waals surface area (Å²) in [5, 5.41) is 6.35. The molecule has 1 nitrogen and oxygen atoms in total. The Kier molecular flexibility index (Phi) is 5.81. The van der Waals surface area contributed by atoms with Crippen molar-refractivity contribution in [2.75, 3.05) is 13.1 Å². The second-order valence-electron chi connectivity index (χ2n) is 6.85. The predicted octanol–water partition coefficient (Wildman–Crippen LogP) is 4.90. The molecule has 0 aromatic heterocycles. The van der Waals surface area contributed by atoms with E-state index in [1.165, 1.54) is 16.3 Å². The fourth-order valence-electron chi connectivity index (χ4n) is 2.82. The van der Waals surface area contributed by atoms with Gasteiger partial charge in [0.15, 0.2) is 0 Å². The van der Waals surface area contributed by atoms with Crippen molar-refractivity contribution in [1.82, 2.24) is 5.32 Å². The Morgan fingerprint density at radius 1 is 0.810 bits per heavy atom. The number of nitrogens with one attached hydrogen (secondary N) is 1. The van der Waals surface area contributed by atoms with Crippen LogP contribution >= 0.6 is 0 Å². The highest BCUT2D eigenvalue weighted by Crippen LogP contribution is 2.23. The first-order valence-electron chi connectivity index (χ1n) is 8.25. The molecule has 0 bridgehead atoms. The lowest BCUT2D eigenvalue weighted by Gasteiger charge is -2.22. The van der Waals surface area contributed by atoms with Crippen LogP contribution < -0.4 is 5.32 Å². The van der Waals surface area contributed by atoms with Crippen LogP contribution in [0, 0.1) is 17.8 Å². The van der Waals surface area contributed by atoms with E-state index in [1.54, 1.807) is 0 Å². The SMILES string of the molecule is CC(C)CNCC(C)C(C)Cc1cccc2ccccc12. The van der Waals surface area contributed by atoms with Crippen molar-refractivity contribution in [2.45, 2.75) is 34.1 Å². The third kappa shape index (κ3) is 4.57. The summed E-state index contributed by atoms with van der Waals surface area (Å²) in [6.45, 7) is 11.5. The molecule has 0 aliphatic heterocycles. The van der Waals surface area contributed by atoms with Gasteiger partial charge in [-0.25, -0.2) is 0 Å². The van der Waals surface area contributed by atoms with Crippen molar-refractivity contribution >= 4 is 10.8 Å². The maximum Gasteiger partial charge on any atom is -0.00204 e. The summed E-state index contributed by atoms with van der Waals surface area (Å²) in [5.74, 6) is 2.11. The summed E-state index contributed by atoms with van der Waals surface area (Å²) in [5.41, 5.74) is 1.48. The maximum absolute atomic E-state index is 3.59. The second kappa shape index (κ2) is 7.61. The van der Waals surface area contributed by atoms with Crippen LogP contribution in [-0.4, -0.2) is 13.1 Å². The van der Waals surface area contributed by atoms with Crippen LogP contribution in [0.5, 0.6) is 0 Å². The van der Waals surface area contributed by atoms with Gasteiger partial charge < -0.3 is 5.32 Å². The van der Waals surface area contributed by atoms with Gasteiger partial charge in [0.2, 0.25) is 0 Å². The molecule has 2 unspecified atom stereocenters. The third-order valence-corrected chi connectivity index (χ3v) is 4.41. The molecule has 0 heterocycles. The minimum absolute atomic E-state index is 0.690. The standard InChI is InChI=1S/C20H29N/c1-15(2)13-21-14-17(4)16(3)12-19-10-7-9-18-8-5-6-11-20(18)19/h5-11,15-17,21H,12-14H2,1-4H3. The van der Waals surface area contributed by atoms with E-state index in [4.69, 9.17) is 0 Å². The molecule has 2 atom stereocenters. The van der Waals surface area contributed by atoms with E-state index < -0.39 is 0 Å². The Hall–Kier alpha value is -1.34. The smallest absolute Gasteiger partial charge is 0.00204 e. The first kappa shape index (κ1) is 16.0. The van der Waals surface area contributed by atoms with Gasteiger partial charge >= 0.3 is 0 Å². The van der Waals surface area contributed by atoms with Gasteiger partial charge in [-0.2, -0.15) is 0 Å². The quantitative estimate of drug-likeness (QED) is 0.762. The van der Waals surface area contributed by atoms with E-state index in [0.717, 1.165) is 25.4 Å². The molecule has 0 saturated carbocycles. The fraction of sp³-hybridized carbons (Fsp3) is 0.500. The van der Waals surface area contributed by atoms with Gasteiger partial charge in [0, 0.05) is 0 Å². The molecule has 0 fully saturated rings. The van der Waals surface area contributed by atoms with Gasteiger partial charge in [0.25, 0.3) is 0 Å². The minimum Gasteiger partial charge on any atom is -0.316 e. The molecule has 0 saturated heterocycles. The van der Waals surface area contributed by atoms with Crippen molar-refractivity contribution in [3.63, 3.8) is 0 Å². The van der Waals surface area contributed by atoms with E-state index in [-0.39, 0.29) is 0 Å². The van der Waals surface area contributed by atoms with Gasteiger partial charge in [0.1, 0.15) is 0 Å². The van der Waals surface area contributed by atoms with Gasteiger partial charge in [-0.05, 0) is 53.6 Å². The zero-order valence-corrected chi connectivity index (χ0v) is 13.9. The average Bonchev–Trinajstić information content (AvgIpc) is 2.47. The van der Waals surface area contributed by atoms with Crippen LogP contribution in [0.25, 0.3) is 10.8 Å². The lowest BCUT2D eigenvalue weighted by molar-refractivity contribution is 0.358. The molecule has 0 radical (unpaired) electrons. The average molecular weight is 283 g/mol. The second-order valence-corrected chi connectivity index (χ2v) is 6.85. The van der Waals surface area contributed by atoms with Crippen LogP contribution in [0.1, 0.15) is 33.3 Å². The van der Waals surface area contributed by atoms with E-state index >= 15 is 0 Å². The van der Waals surface area contributed by atoms with Gasteiger partial charge in [-0.3, -0.25) is 0 Å². The monoisotopic (exact) mass is 283 g/mol. The van der Waals surface area contributed by atoms with Crippen molar-refractivity contribution in [3.05, 3.63) is 48.0 Å². The summed E-state index contributed by atoms with van der Waals surface area (Å²) < 4.78 is 0. The number of fused-ring (bicyclic) bond motifs is 1. The molecule has 114 valence electrons. The third-order valence-electron chi connectivity index (χ3n) is 4.41. The lowest BCUT2D eigenvalue weighted by atomic mass is 9.88. The zero-order chi connectivity index (χ0) is 15.2. The molecule has 0 amide bonds. The minimum atomic E-state index is 0.690. The Labute approximate surface area is 129 Å². The Morgan fingerprint density at radius 2 is 1.52 bits per heavy atom. The summed E-state index contributed by atoms with van der Waals surface area (Å²) in [6.07, 6.45) is 1.16. The Balaban J connectivity index is 1.99. The molecule has 0 aliphatic carbocycles. The van der Waals surface area contributed by atoms with Crippen LogP contribution in [0.3, 0.4) is 0 Å². The normalized spacial score (nSPS) is 14.5. The largest absolute Gasteiger partial charge is 0.316 e. The van der Waals surface area contributed by atoms with Gasteiger partial charge in [-0.15, -0.1) is 0 Å². The molecule has 2 aromatic carbocycles. The number of hydrogen-bond donors (Lipinski definition) is 1. The van der Waals surface area contributed by atoms with E-state index in [1.807, 2.05) is 0 Å². The van der Waals surface area contributed by atoms with Crippen LogP contribution in [0.2, 0.25) is 0 Å². The van der Waals surface area contributed by atoms with Crippen molar-refractivity contribution in [1.29, 1.82) is 0 Å². The zero-order valence-electron chi connectivity index (χ0n) is 13.9. The van der Waals surface area contributed by atoms with Crippen molar-refractivity contribution in [2.24, 2.45) is 17.8 Å². The number of rotatable bonds is 7. The molecule has 21 heavy (non-hydrogen) atoms. The van der Waals surface area contributed by atoms with Crippen molar-refractivity contribution < 1.29 is 0 Å². The molecule has 0 spiro atoms. The first-order valence-corrected chi connectivity index (χ1v) is 8.25.